The highest BCUT2D eigenvalue weighted by Crippen LogP contribution is 2.15. The lowest BCUT2D eigenvalue weighted by Gasteiger charge is -2.20. The molecule has 0 aromatic heterocycles. The molecule has 1 rings (SSSR count). The topological polar surface area (TPSA) is 72.9 Å². The van der Waals surface area contributed by atoms with E-state index in [2.05, 4.69) is 4.74 Å². The van der Waals surface area contributed by atoms with Crippen LogP contribution in [0.25, 0.3) is 0 Å². The lowest BCUT2D eigenvalue weighted by Crippen LogP contribution is -2.36. The van der Waals surface area contributed by atoms with E-state index in [0.29, 0.717) is 0 Å². The van der Waals surface area contributed by atoms with Crippen LogP contribution >= 0.6 is 0 Å². The van der Waals surface area contributed by atoms with Gasteiger partial charge in [0.25, 0.3) is 0 Å². The molecule has 0 bridgehead atoms. The molecule has 0 aliphatic carbocycles. The van der Waals surface area contributed by atoms with E-state index in [-0.39, 0.29) is 18.7 Å². The van der Waals surface area contributed by atoms with Gasteiger partial charge in [-0.3, -0.25) is 9.69 Å². The standard InChI is InChI=1S/C11H17NO5/c1-11(2,3)17-10(15)16-9(14)8-5-7(13)6-12(8)4/h8H,5-6H2,1-4H3. The van der Waals surface area contributed by atoms with E-state index in [0.717, 1.165) is 0 Å². The molecule has 6 nitrogen and oxygen atoms in total. The zero-order valence-corrected chi connectivity index (χ0v) is 10.5. The van der Waals surface area contributed by atoms with Gasteiger partial charge in [0.15, 0.2) is 0 Å². The van der Waals surface area contributed by atoms with Gasteiger partial charge in [-0.1, -0.05) is 0 Å². The molecular formula is C11H17NO5. The molecule has 0 aromatic carbocycles. The normalized spacial score (nSPS) is 21.4. The van der Waals surface area contributed by atoms with E-state index >= 15 is 0 Å². The van der Waals surface area contributed by atoms with Crippen LogP contribution in [-0.4, -0.2) is 48.0 Å². The number of esters is 1. The lowest BCUT2D eigenvalue weighted by atomic mass is 10.2. The van der Waals surface area contributed by atoms with Crippen LogP contribution in [0.1, 0.15) is 27.2 Å². The zero-order chi connectivity index (χ0) is 13.2. The summed E-state index contributed by atoms with van der Waals surface area (Å²) in [7, 11) is 1.63. The van der Waals surface area contributed by atoms with Crippen molar-refractivity contribution >= 4 is 17.9 Å². The molecule has 1 unspecified atom stereocenters. The summed E-state index contributed by atoms with van der Waals surface area (Å²) in [6.07, 6.45) is -0.951. The number of likely N-dealkylation sites (N-methyl/N-ethyl adjacent to an activating group) is 1. The Balaban J connectivity index is 2.50. The van der Waals surface area contributed by atoms with E-state index in [4.69, 9.17) is 4.74 Å². The summed E-state index contributed by atoms with van der Waals surface area (Å²) in [6, 6.07) is -0.685. The monoisotopic (exact) mass is 243 g/mol. The van der Waals surface area contributed by atoms with Crippen molar-refractivity contribution < 1.29 is 23.9 Å². The van der Waals surface area contributed by atoms with Crippen molar-refractivity contribution in [1.82, 2.24) is 4.90 Å². The Labute approximate surface area is 99.9 Å². The van der Waals surface area contributed by atoms with Gasteiger partial charge in [-0.2, -0.15) is 0 Å². The van der Waals surface area contributed by atoms with Crippen molar-refractivity contribution in [3.8, 4) is 0 Å². The summed E-state index contributed by atoms with van der Waals surface area (Å²) in [5, 5.41) is 0. The number of hydrogen-bond acceptors (Lipinski definition) is 6. The highest BCUT2D eigenvalue weighted by atomic mass is 16.7. The molecule has 0 saturated carbocycles. The summed E-state index contributed by atoms with van der Waals surface area (Å²) in [5.74, 6) is -0.786. The number of carbonyl (C=O) groups is 3. The molecule has 96 valence electrons. The van der Waals surface area contributed by atoms with Crippen molar-refractivity contribution in [3.63, 3.8) is 0 Å². The summed E-state index contributed by atoms with van der Waals surface area (Å²) in [4.78, 5) is 35.5. The van der Waals surface area contributed by atoms with Gasteiger partial charge in [0, 0.05) is 6.42 Å². The van der Waals surface area contributed by atoms with E-state index < -0.39 is 23.8 Å². The Morgan fingerprint density at radius 1 is 1.35 bits per heavy atom. The van der Waals surface area contributed by atoms with Gasteiger partial charge >= 0.3 is 12.1 Å². The smallest absolute Gasteiger partial charge is 0.428 e. The molecule has 1 heterocycles. The van der Waals surface area contributed by atoms with Gasteiger partial charge in [0.05, 0.1) is 6.54 Å². The molecule has 1 atom stereocenters. The average Bonchev–Trinajstić information content (AvgIpc) is 2.41. The van der Waals surface area contributed by atoms with Gasteiger partial charge < -0.3 is 9.47 Å². The van der Waals surface area contributed by atoms with Crippen molar-refractivity contribution in [2.24, 2.45) is 0 Å². The number of ether oxygens (including phenoxy) is 2. The number of hydrogen-bond donors (Lipinski definition) is 0. The number of nitrogens with zero attached hydrogens (tertiary/aromatic N) is 1. The SMILES string of the molecule is CN1CC(=O)CC1C(=O)OC(=O)OC(C)(C)C. The summed E-state index contributed by atoms with van der Waals surface area (Å²) >= 11 is 0. The van der Waals surface area contributed by atoms with Crippen LogP contribution in [0.2, 0.25) is 0 Å². The van der Waals surface area contributed by atoms with Gasteiger partial charge in [0.1, 0.15) is 17.4 Å². The predicted molar refractivity (Wildman–Crippen MR) is 58.4 cm³/mol. The van der Waals surface area contributed by atoms with Crippen molar-refractivity contribution in [2.45, 2.75) is 38.8 Å². The molecule has 0 N–H and O–H groups in total. The highest BCUT2D eigenvalue weighted by Gasteiger charge is 2.36. The molecule has 0 amide bonds. The first-order chi connectivity index (χ1) is 7.69. The molecule has 1 aliphatic heterocycles. The molecule has 17 heavy (non-hydrogen) atoms. The van der Waals surface area contributed by atoms with Crippen molar-refractivity contribution in [1.29, 1.82) is 0 Å². The maximum absolute atomic E-state index is 11.6. The number of ketones is 1. The number of likely N-dealkylation sites (tertiary alicyclic amines) is 1. The van der Waals surface area contributed by atoms with Crippen LogP contribution in [-0.2, 0) is 19.1 Å². The number of carbonyl (C=O) groups excluding carboxylic acids is 3. The van der Waals surface area contributed by atoms with E-state index in [1.165, 1.54) is 0 Å². The van der Waals surface area contributed by atoms with Gasteiger partial charge in [-0.05, 0) is 27.8 Å². The largest absolute Gasteiger partial charge is 0.516 e. The summed E-state index contributed by atoms with van der Waals surface area (Å²) < 4.78 is 9.38. The predicted octanol–water partition coefficient (Wildman–Crippen LogP) is 0.738. The Morgan fingerprint density at radius 3 is 2.35 bits per heavy atom. The molecule has 1 fully saturated rings. The second-order valence-electron chi connectivity index (χ2n) is 5.06. The van der Waals surface area contributed by atoms with Crippen molar-refractivity contribution in [2.75, 3.05) is 13.6 Å². The quantitative estimate of drug-likeness (QED) is 0.499. The molecular weight excluding hydrogens is 226 g/mol. The van der Waals surface area contributed by atoms with Gasteiger partial charge in [0.2, 0.25) is 0 Å². The fourth-order valence-corrected chi connectivity index (χ4v) is 1.51. The maximum Gasteiger partial charge on any atom is 0.516 e. The fraction of sp³-hybridized carbons (Fsp3) is 0.727. The molecule has 0 aromatic rings. The lowest BCUT2D eigenvalue weighted by molar-refractivity contribution is -0.146. The van der Waals surface area contributed by atoms with Gasteiger partial charge in [-0.25, -0.2) is 9.59 Å². The minimum Gasteiger partial charge on any atom is -0.428 e. The van der Waals surface area contributed by atoms with Crippen LogP contribution in [0.4, 0.5) is 4.79 Å². The van der Waals surface area contributed by atoms with E-state index in [9.17, 15) is 14.4 Å². The van der Waals surface area contributed by atoms with Gasteiger partial charge in [-0.15, -0.1) is 0 Å². The van der Waals surface area contributed by atoms with Crippen LogP contribution in [0.15, 0.2) is 0 Å². The first-order valence-electron chi connectivity index (χ1n) is 5.35. The second-order valence-corrected chi connectivity index (χ2v) is 5.06. The first kappa shape index (κ1) is 13.6. The average molecular weight is 243 g/mol. The van der Waals surface area contributed by atoms with Crippen LogP contribution in [0.5, 0.6) is 0 Å². The first-order valence-corrected chi connectivity index (χ1v) is 5.35. The Hall–Kier alpha value is -1.43. The van der Waals surface area contributed by atoms with Crippen molar-refractivity contribution in [3.05, 3.63) is 0 Å². The van der Waals surface area contributed by atoms with E-state index in [1.807, 2.05) is 0 Å². The second kappa shape index (κ2) is 4.83. The summed E-state index contributed by atoms with van der Waals surface area (Å²) in [6.45, 7) is 5.21. The minimum atomic E-state index is -1.03. The van der Waals surface area contributed by atoms with Crippen LogP contribution in [0, 0.1) is 0 Å². The molecule has 1 aliphatic rings. The molecule has 6 heteroatoms. The summed E-state index contributed by atoms with van der Waals surface area (Å²) in [5.41, 5.74) is -0.714. The maximum atomic E-state index is 11.6. The van der Waals surface area contributed by atoms with Crippen LogP contribution in [0.3, 0.4) is 0 Å². The van der Waals surface area contributed by atoms with E-state index in [1.54, 1.807) is 32.7 Å². The third-order valence-electron chi connectivity index (χ3n) is 2.22. The highest BCUT2D eigenvalue weighted by molar-refractivity contribution is 5.94. The number of Topliss-reactive ketones (excluding diaryl/α,β-unsaturated/α-hetero) is 1. The van der Waals surface area contributed by atoms with Crippen LogP contribution < -0.4 is 0 Å². The Kier molecular flexibility index (Phi) is 3.87. The molecule has 0 spiro atoms. The minimum absolute atomic E-state index is 0.0429. The third kappa shape index (κ3) is 4.14. The fourth-order valence-electron chi connectivity index (χ4n) is 1.51. The molecule has 1 saturated heterocycles. The molecule has 0 radical (unpaired) electrons. The Morgan fingerprint density at radius 2 is 1.94 bits per heavy atom. The number of rotatable bonds is 1. The third-order valence-corrected chi connectivity index (χ3v) is 2.22. The Bertz CT molecular complexity index is 344. The zero-order valence-electron chi connectivity index (χ0n) is 10.5.